The first kappa shape index (κ1) is 18.0. The lowest BCUT2D eigenvalue weighted by molar-refractivity contribution is 0.102. The number of nitrogens with zero attached hydrogens (tertiary/aromatic N) is 2. The molecule has 2 aromatic heterocycles. The number of nitrogens with one attached hydrogen (secondary N) is 1. The molecule has 7 heteroatoms. The molecule has 4 aromatic rings. The van der Waals surface area contributed by atoms with Gasteiger partial charge in [0.05, 0.1) is 22.4 Å². The monoisotopic (exact) mass is 411 g/mol. The summed E-state index contributed by atoms with van der Waals surface area (Å²) in [5, 5.41) is 6.39. The Kier molecular flexibility index (Phi) is 5.38. The zero-order chi connectivity index (χ0) is 18.6. The van der Waals surface area contributed by atoms with Gasteiger partial charge in [-0.05, 0) is 42.5 Å². The Morgan fingerprint density at radius 1 is 1.15 bits per heavy atom. The van der Waals surface area contributed by atoms with Crippen molar-refractivity contribution in [3.8, 4) is 0 Å². The summed E-state index contributed by atoms with van der Waals surface area (Å²) in [5.41, 5.74) is 4.79. The van der Waals surface area contributed by atoms with Crippen LogP contribution < -0.4 is 5.32 Å². The highest BCUT2D eigenvalue weighted by Crippen LogP contribution is 2.27. The summed E-state index contributed by atoms with van der Waals surface area (Å²) in [5.74, 6) is 0.621. The molecule has 27 heavy (non-hydrogen) atoms. The third-order valence-corrected chi connectivity index (χ3v) is 5.80. The number of aromatic nitrogens is 2. The van der Waals surface area contributed by atoms with Gasteiger partial charge < -0.3 is 5.32 Å². The molecule has 1 amide bonds. The number of hydrogen-bond acceptors (Lipinski definition) is 5. The highest BCUT2D eigenvalue weighted by Gasteiger charge is 2.10. The fourth-order valence-corrected chi connectivity index (χ4v) is 4.31. The van der Waals surface area contributed by atoms with E-state index in [0.29, 0.717) is 21.8 Å². The van der Waals surface area contributed by atoms with Crippen LogP contribution in [0.15, 0.2) is 70.5 Å². The molecule has 2 heterocycles. The molecule has 1 N–H and O–H groups in total. The minimum Gasteiger partial charge on any atom is -0.320 e. The van der Waals surface area contributed by atoms with Crippen LogP contribution in [-0.2, 0) is 5.75 Å². The highest BCUT2D eigenvalue weighted by molar-refractivity contribution is 7.98. The zero-order valence-corrected chi connectivity index (χ0v) is 16.4. The van der Waals surface area contributed by atoms with Gasteiger partial charge in [-0.25, -0.2) is 4.98 Å². The van der Waals surface area contributed by atoms with E-state index < -0.39 is 0 Å². The minimum absolute atomic E-state index is 0.194. The standard InChI is InChI=1S/C20H14ClN3OS2/c21-15-8-14-2-1-7-22-19(14)18(9-15)24-20(25)13-3-5-17(6-4-13)27-11-16-10-26-12-23-16/h1-10,12H,11H2,(H,24,25). The molecular weight excluding hydrogens is 398 g/mol. The first-order chi connectivity index (χ1) is 13.2. The SMILES string of the molecule is O=C(Nc1cc(Cl)cc2cccnc12)c1ccc(SCc2cscn2)cc1. The Hall–Kier alpha value is -2.41. The van der Waals surface area contributed by atoms with Gasteiger partial charge in [-0.1, -0.05) is 17.7 Å². The fourth-order valence-electron chi connectivity index (χ4n) is 2.61. The second-order valence-corrected chi connectivity index (χ2v) is 7.98. The number of halogens is 1. The quantitative estimate of drug-likeness (QED) is 0.416. The van der Waals surface area contributed by atoms with Gasteiger partial charge >= 0.3 is 0 Å². The number of carbonyl (C=O) groups is 1. The summed E-state index contributed by atoms with van der Waals surface area (Å²) < 4.78 is 0. The second kappa shape index (κ2) is 8.08. The number of carbonyl (C=O) groups excluding carboxylic acids is 1. The van der Waals surface area contributed by atoms with E-state index in [2.05, 4.69) is 15.3 Å². The number of fused-ring (bicyclic) bond motifs is 1. The molecule has 4 nitrogen and oxygen atoms in total. The van der Waals surface area contributed by atoms with Crippen molar-refractivity contribution < 1.29 is 4.79 Å². The Bertz CT molecular complexity index is 1080. The van der Waals surface area contributed by atoms with Crippen LogP contribution in [0.25, 0.3) is 10.9 Å². The maximum Gasteiger partial charge on any atom is 0.255 e. The van der Waals surface area contributed by atoms with E-state index >= 15 is 0 Å². The number of pyridine rings is 1. The predicted octanol–water partition coefficient (Wildman–Crippen LogP) is 5.89. The van der Waals surface area contributed by atoms with Crippen LogP contribution in [0, 0.1) is 0 Å². The van der Waals surface area contributed by atoms with Crippen LogP contribution in [0.4, 0.5) is 5.69 Å². The van der Waals surface area contributed by atoms with Crippen molar-refractivity contribution in [3.63, 3.8) is 0 Å². The Morgan fingerprint density at radius 3 is 2.78 bits per heavy atom. The summed E-state index contributed by atoms with van der Waals surface area (Å²) in [7, 11) is 0. The van der Waals surface area contributed by atoms with E-state index in [-0.39, 0.29) is 5.91 Å². The normalized spacial score (nSPS) is 10.9. The van der Waals surface area contributed by atoms with E-state index in [4.69, 9.17) is 11.6 Å². The third kappa shape index (κ3) is 4.30. The summed E-state index contributed by atoms with van der Waals surface area (Å²) in [6.07, 6.45) is 1.69. The summed E-state index contributed by atoms with van der Waals surface area (Å²) >= 11 is 9.45. The minimum atomic E-state index is -0.194. The van der Waals surface area contributed by atoms with Crippen molar-refractivity contribution in [2.24, 2.45) is 0 Å². The van der Waals surface area contributed by atoms with Crippen molar-refractivity contribution in [1.82, 2.24) is 9.97 Å². The van der Waals surface area contributed by atoms with Gasteiger partial charge in [0.15, 0.2) is 0 Å². The lowest BCUT2D eigenvalue weighted by Gasteiger charge is -2.09. The van der Waals surface area contributed by atoms with Gasteiger partial charge in [0.2, 0.25) is 0 Å². The Morgan fingerprint density at radius 2 is 2.00 bits per heavy atom. The van der Waals surface area contributed by atoms with Crippen LogP contribution in [0.5, 0.6) is 0 Å². The van der Waals surface area contributed by atoms with Crippen molar-refractivity contribution in [3.05, 3.63) is 81.9 Å². The van der Waals surface area contributed by atoms with Crippen molar-refractivity contribution in [2.75, 3.05) is 5.32 Å². The molecule has 0 aliphatic carbocycles. The van der Waals surface area contributed by atoms with E-state index in [0.717, 1.165) is 21.7 Å². The molecule has 4 rings (SSSR count). The average molecular weight is 412 g/mol. The number of hydrogen-bond donors (Lipinski definition) is 1. The molecule has 2 aromatic carbocycles. The number of thioether (sulfide) groups is 1. The number of rotatable bonds is 5. The molecular formula is C20H14ClN3OS2. The van der Waals surface area contributed by atoms with Crippen molar-refractivity contribution >= 4 is 57.2 Å². The van der Waals surface area contributed by atoms with Crippen LogP contribution in [0.2, 0.25) is 5.02 Å². The third-order valence-electron chi connectivity index (χ3n) is 3.90. The van der Waals surface area contributed by atoms with Gasteiger partial charge in [0.25, 0.3) is 5.91 Å². The summed E-state index contributed by atoms with van der Waals surface area (Å²) in [6.45, 7) is 0. The molecule has 134 valence electrons. The van der Waals surface area contributed by atoms with E-state index in [9.17, 15) is 4.79 Å². The smallest absolute Gasteiger partial charge is 0.255 e. The van der Waals surface area contributed by atoms with Crippen LogP contribution >= 0.6 is 34.7 Å². The lowest BCUT2D eigenvalue weighted by Crippen LogP contribution is -2.12. The molecule has 0 atom stereocenters. The van der Waals surface area contributed by atoms with Crippen LogP contribution in [0.1, 0.15) is 16.1 Å². The summed E-state index contributed by atoms with van der Waals surface area (Å²) in [4.78, 5) is 22.3. The molecule has 0 aliphatic heterocycles. The number of anilines is 1. The predicted molar refractivity (Wildman–Crippen MR) is 113 cm³/mol. The molecule has 0 aliphatic rings. The van der Waals surface area contributed by atoms with Gasteiger partial charge in [0, 0.05) is 38.2 Å². The number of amides is 1. The molecule has 0 spiro atoms. The molecule has 0 radical (unpaired) electrons. The van der Waals surface area contributed by atoms with Crippen LogP contribution in [0.3, 0.4) is 0 Å². The molecule has 0 saturated heterocycles. The topological polar surface area (TPSA) is 54.9 Å². The highest BCUT2D eigenvalue weighted by atomic mass is 35.5. The fraction of sp³-hybridized carbons (Fsp3) is 0.0500. The molecule has 0 bridgehead atoms. The number of benzene rings is 2. The Labute approximate surface area is 169 Å². The van der Waals surface area contributed by atoms with Gasteiger partial charge in [0.1, 0.15) is 0 Å². The van der Waals surface area contributed by atoms with Gasteiger partial charge in [-0.2, -0.15) is 0 Å². The van der Waals surface area contributed by atoms with Crippen molar-refractivity contribution in [1.29, 1.82) is 0 Å². The van der Waals surface area contributed by atoms with Crippen LogP contribution in [-0.4, -0.2) is 15.9 Å². The average Bonchev–Trinajstić information content (AvgIpc) is 3.20. The molecule has 0 saturated carbocycles. The first-order valence-corrected chi connectivity index (χ1v) is 10.5. The van der Waals surface area contributed by atoms with E-state index in [1.54, 1.807) is 35.4 Å². The first-order valence-electron chi connectivity index (χ1n) is 8.14. The van der Waals surface area contributed by atoms with Crippen molar-refractivity contribution in [2.45, 2.75) is 10.6 Å². The lowest BCUT2D eigenvalue weighted by atomic mass is 10.1. The maximum atomic E-state index is 12.6. The Balaban J connectivity index is 1.48. The molecule has 0 unspecified atom stereocenters. The van der Waals surface area contributed by atoms with Gasteiger partial charge in [-0.15, -0.1) is 23.1 Å². The van der Waals surface area contributed by atoms with E-state index in [1.807, 2.05) is 53.4 Å². The molecule has 0 fully saturated rings. The zero-order valence-electron chi connectivity index (χ0n) is 14.1. The van der Waals surface area contributed by atoms with E-state index in [1.165, 1.54) is 0 Å². The summed E-state index contributed by atoms with van der Waals surface area (Å²) in [6, 6.07) is 14.8. The largest absolute Gasteiger partial charge is 0.320 e. The second-order valence-electron chi connectivity index (χ2n) is 5.78. The maximum absolute atomic E-state index is 12.6. The van der Waals surface area contributed by atoms with Gasteiger partial charge in [-0.3, -0.25) is 9.78 Å². The number of thiazole rings is 1.